The van der Waals surface area contributed by atoms with Gasteiger partial charge in [-0.15, -0.1) is 0 Å². The minimum atomic E-state index is -3.58. The first kappa shape index (κ1) is 20.0. The van der Waals surface area contributed by atoms with Gasteiger partial charge >= 0.3 is 0 Å². The number of halogens is 1. The van der Waals surface area contributed by atoms with Crippen molar-refractivity contribution in [2.24, 2.45) is 0 Å². The van der Waals surface area contributed by atoms with Crippen LogP contribution < -0.4 is 15.6 Å². The second-order valence-corrected chi connectivity index (χ2v) is 8.14. The molecule has 0 spiro atoms. The summed E-state index contributed by atoms with van der Waals surface area (Å²) in [5.41, 5.74) is 0.777. The molecule has 0 aliphatic carbocycles. The molecule has 0 atom stereocenters. The first-order valence-electron chi connectivity index (χ1n) is 7.94. The first-order valence-corrected chi connectivity index (χ1v) is 9.97. The van der Waals surface area contributed by atoms with Crippen LogP contribution in [0, 0.1) is 6.92 Å². The van der Waals surface area contributed by atoms with Crippen molar-refractivity contribution in [3.63, 3.8) is 0 Å². The Labute approximate surface area is 157 Å². The number of aromatic nitrogens is 1. The highest BCUT2D eigenvalue weighted by molar-refractivity contribution is 7.92. The number of anilines is 1. The van der Waals surface area contributed by atoms with Crippen LogP contribution in [0.2, 0.25) is 5.02 Å². The third kappa shape index (κ3) is 5.34. The number of hydrogen-bond donors (Lipinski definition) is 2. The van der Waals surface area contributed by atoms with Gasteiger partial charge in [-0.3, -0.25) is 14.3 Å². The quantitative estimate of drug-likeness (QED) is 0.745. The summed E-state index contributed by atoms with van der Waals surface area (Å²) in [5, 5.41) is 3.33. The molecular formula is C17H20ClN3O4S. The SMILES string of the molecule is CCS(=O)(=O)Nc1ccc(C)n(CC(=O)NCc2ccc(Cl)cc2)c1=O. The van der Waals surface area contributed by atoms with Crippen LogP contribution in [-0.4, -0.2) is 24.6 Å². The zero-order chi connectivity index (χ0) is 19.3. The number of pyridine rings is 1. The van der Waals surface area contributed by atoms with Gasteiger partial charge in [-0.05, 0) is 43.7 Å². The van der Waals surface area contributed by atoms with Crippen LogP contribution in [0.15, 0.2) is 41.2 Å². The number of hydrogen-bond acceptors (Lipinski definition) is 4. The minimum absolute atomic E-state index is 0.0806. The minimum Gasteiger partial charge on any atom is -0.350 e. The Kier molecular flexibility index (Phi) is 6.44. The van der Waals surface area contributed by atoms with Gasteiger partial charge in [0.25, 0.3) is 5.56 Å². The van der Waals surface area contributed by atoms with E-state index < -0.39 is 15.6 Å². The fraction of sp³-hybridized carbons (Fsp3) is 0.294. The molecule has 0 radical (unpaired) electrons. The Morgan fingerprint density at radius 1 is 1.15 bits per heavy atom. The number of rotatable bonds is 7. The van der Waals surface area contributed by atoms with Crippen LogP contribution in [0.1, 0.15) is 18.2 Å². The van der Waals surface area contributed by atoms with E-state index in [2.05, 4.69) is 10.0 Å². The van der Waals surface area contributed by atoms with E-state index in [-0.39, 0.29) is 23.9 Å². The molecule has 26 heavy (non-hydrogen) atoms. The number of amides is 1. The Bertz CT molecular complexity index is 953. The average molecular weight is 398 g/mol. The summed E-state index contributed by atoms with van der Waals surface area (Å²) in [4.78, 5) is 24.6. The third-order valence-corrected chi connectivity index (χ3v) is 5.29. The highest BCUT2D eigenvalue weighted by atomic mass is 35.5. The van der Waals surface area contributed by atoms with E-state index in [1.54, 1.807) is 37.3 Å². The van der Waals surface area contributed by atoms with E-state index in [9.17, 15) is 18.0 Å². The van der Waals surface area contributed by atoms with Crippen molar-refractivity contribution in [1.82, 2.24) is 9.88 Å². The number of sulfonamides is 1. The molecule has 1 heterocycles. The second-order valence-electron chi connectivity index (χ2n) is 5.69. The average Bonchev–Trinajstić information content (AvgIpc) is 2.60. The molecule has 2 aromatic rings. The van der Waals surface area contributed by atoms with E-state index in [1.165, 1.54) is 17.6 Å². The molecule has 7 nitrogen and oxygen atoms in total. The molecular weight excluding hydrogens is 378 g/mol. The van der Waals surface area contributed by atoms with Crippen molar-refractivity contribution in [3.05, 3.63) is 63.0 Å². The van der Waals surface area contributed by atoms with Gasteiger partial charge < -0.3 is 9.88 Å². The molecule has 1 aromatic heterocycles. The molecule has 1 aromatic carbocycles. The predicted molar refractivity (Wildman–Crippen MR) is 102 cm³/mol. The lowest BCUT2D eigenvalue weighted by Crippen LogP contribution is -2.34. The van der Waals surface area contributed by atoms with Gasteiger partial charge in [0.05, 0.1) is 5.75 Å². The van der Waals surface area contributed by atoms with E-state index in [1.807, 2.05) is 0 Å². The summed E-state index contributed by atoms with van der Waals surface area (Å²) in [6, 6.07) is 10.0. The Morgan fingerprint density at radius 3 is 2.42 bits per heavy atom. The van der Waals surface area contributed by atoms with Gasteiger partial charge in [-0.2, -0.15) is 0 Å². The van der Waals surface area contributed by atoms with Gasteiger partial charge in [-0.1, -0.05) is 23.7 Å². The van der Waals surface area contributed by atoms with E-state index in [0.29, 0.717) is 17.3 Å². The van der Waals surface area contributed by atoms with Crippen molar-refractivity contribution in [2.45, 2.75) is 26.9 Å². The highest BCUT2D eigenvalue weighted by Gasteiger charge is 2.14. The van der Waals surface area contributed by atoms with Gasteiger partial charge in [0.2, 0.25) is 15.9 Å². The summed E-state index contributed by atoms with van der Waals surface area (Å²) in [7, 11) is -3.58. The van der Waals surface area contributed by atoms with Crippen molar-refractivity contribution in [2.75, 3.05) is 10.5 Å². The number of nitrogens with one attached hydrogen (secondary N) is 2. The molecule has 0 saturated heterocycles. The number of nitrogens with zero attached hydrogens (tertiary/aromatic N) is 1. The lowest BCUT2D eigenvalue weighted by molar-refractivity contribution is -0.121. The Balaban J connectivity index is 2.11. The summed E-state index contributed by atoms with van der Waals surface area (Å²) in [6.45, 7) is 3.23. The molecule has 0 aliphatic rings. The van der Waals surface area contributed by atoms with Crippen LogP contribution >= 0.6 is 11.6 Å². The van der Waals surface area contributed by atoms with Crippen LogP contribution in [0.25, 0.3) is 0 Å². The van der Waals surface area contributed by atoms with Gasteiger partial charge in [0.1, 0.15) is 12.2 Å². The van der Waals surface area contributed by atoms with Crippen molar-refractivity contribution >= 4 is 33.2 Å². The topological polar surface area (TPSA) is 97.3 Å². The molecule has 2 N–H and O–H groups in total. The Morgan fingerprint density at radius 2 is 1.81 bits per heavy atom. The zero-order valence-corrected chi connectivity index (χ0v) is 16.0. The van der Waals surface area contributed by atoms with Crippen LogP contribution in [-0.2, 0) is 27.9 Å². The van der Waals surface area contributed by atoms with Gasteiger partial charge in [0.15, 0.2) is 0 Å². The van der Waals surface area contributed by atoms with Crippen molar-refractivity contribution in [1.29, 1.82) is 0 Å². The molecule has 0 fully saturated rings. The number of carbonyl (C=O) groups excluding carboxylic acids is 1. The zero-order valence-electron chi connectivity index (χ0n) is 14.5. The number of carbonyl (C=O) groups is 1. The molecule has 9 heteroatoms. The normalized spacial score (nSPS) is 11.2. The summed E-state index contributed by atoms with van der Waals surface area (Å²) >= 11 is 5.81. The second kappa shape index (κ2) is 8.37. The molecule has 0 aliphatic heterocycles. The first-order chi connectivity index (χ1) is 12.2. The molecule has 0 saturated carbocycles. The van der Waals surface area contributed by atoms with Crippen LogP contribution in [0.4, 0.5) is 5.69 Å². The maximum absolute atomic E-state index is 12.5. The standard InChI is InChI=1S/C17H20ClN3O4S/c1-3-26(24,25)20-15-9-4-12(2)21(17(15)23)11-16(22)19-10-13-5-7-14(18)8-6-13/h4-9,20H,3,10-11H2,1-2H3,(H,19,22). The highest BCUT2D eigenvalue weighted by Crippen LogP contribution is 2.09. The number of aryl methyl sites for hydroxylation is 1. The molecule has 140 valence electrons. The summed E-state index contributed by atoms with van der Waals surface area (Å²) < 4.78 is 26.8. The smallest absolute Gasteiger partial charge is 0.275 e. The monoisotopic (exact) mass is 397 g/mol. The van der Waals surface area contributed by atoms with Crippen LogP contribution in [0.3, 0.4) is 0 Å². The maximum atomic E-state index is 12.5. The summed E-state index contributed by atoms with van der Waals surface area (Å²) in [6.07, 6.45) is 0. The van der Waals surface area contributed by atoms with E-state index in [0.717, 1.165) is 5.56 Å². The molecule has 1 amide bonds. The summed E-state index contributed by atoms with van der Waals surface area (Å²) in [5.74, 6) is -0.511. The maximum Gasteiger partial charge on any atom is 0.275 e. The van der Waals surface area contributed by atoms with Crippen molar-refractivity contribution < 1.29 is 13.2 Å². The van der Waals surface area contributed by atoms with Crippen LogP contribution in [0.5, 0.6) is 0 Å². The van der Waals surface area contributed by atoms with Gasteiger partial charge in [-0.25, -0.2) is 8.42 Å². The third-order valence-electron chi connectivity index (χ3n) is 3.74. The predicted octanol–water partition coefficient (Wildman–Crippen LogP) is 1.89. The largest absolute Gasteiger partial charge is 0.350 e. The lowest BCUT2D eigenvalue weighted by atomic mass is 10.2. The molecule has 0 bridgehead atoms. The molecule has 2 rings (SSSR count). The van der Waals surface area contributed by atoms with E-state index in [4.69, 9.17) is 11.6 Å². The van der Waals surface area contributed by atoms with E-state index >= 15 is 0 Å². The lowest BCUT2D eigenvalue weighted by Gasteiger charge is -2.13. The fourth-order valence-corrected chi connectivity index (χ4v) is 2.95. The Hall–Kier alpha value is -2.32. The fourth-order valence-electron chi connectivity index (χ4n) is 2.19. The number of benzene rings is 1. The molecule has 0 unspecified atom stereocenters. The van der Waals surface area contributed by atoms with Gasteiger partial charge in [0, 0.05) is 17.3 Å². The van der Waals surface area contributed by atoms with Crippen molar-refractivity contribution in [3.8, 4) is 0 Å².